The number of anilines is 1. The molecule has 182 valence electrons. The minimum atomic E-state index is -0.833. The summed E-state index contributed by atoms with van der Waals surface area (Å²) in [4.78, 5) is 49.7. The van der Waals surface area contributed by atoms with Crippen molar-refractivity contribution in [1.29, 1.82) is 0 Å². The third-order valence-corrected chi connectivity index (χ3v) is 5.52. The number of benzene rings is 3. The highest BCUT2D eigenvalue weighted by Gasteiger charge is 2.37. The summed E-state index contributed by atoms with van der Waals surface area (Å²) in [7, 11) is 1.48. The summed E-state index contributed by atoms with van der Waals surface area (Å²) in [5.41, 5.74) is 1.83. The van der Waals surface area contributed by atoms with Crippen molar-refractivity contribution in [2.75, 3.05) is 12.0 Å². The number of aryl methyl sites for hydroxylation is 1. The number of rotatable bonds is 7. The molecule has 4 amide bonds. The van der Waals surface area contributed by atoms with Crippen LogP contribution in [0, 0.1) is 17.0 Å². The zero-order valence-corrected chi connectivity index (χ0v) is 19.4. The Labute approximate surface area is 205 Å². The zero-order chi connectivity index (χ0) is 25.8. The zero-order valence-electron chi connectivity index (χ0n) is 19.4. The van der Waals surface area contributed by atoms with Gasteiger partial charge in [-0.2, -0.15) is 0 Å². The van der Waals surface area contributed by atoms with E-state index in [1.54, 1.807) is 61.5 Å². The van der Waals surface area contributed by atoms with Gasteiger partial charge in [-0.05, 0) is 54.5 Å². The van der Waals surface area contributed by atoms with Crippen LogP contribution in [0.2, 0.25) is 0 Å². The lowest BCUT2D eigenvalue weighted by molar-refractivity contribution is -0.384. The van der Waals surface area contributed by atoms with Crippen LogP contribution in [-0.4, -0.2) is 29.9 Å². The van der Waals surface area contributed by atoms with E-state index in [2.05, 4.69) is 5.32 Å². The van der Waals surface area contributed by atoms with Gasteiger partial charge < -0.3 is 9.47 Å². The molecule has 0 saturated carbocycles. The quantitative estimate of drug-likeness (QED) is 0.229. The van der Waals surface area contributed by atoms with Gasteiger partial charge >= 0.3 is 6.03 Å². The number of nitro benzene ring substituents is 1. The van der Waals surface area contributed by atoms with Crippen LogP contribution in [0.25, 0.3) is 6.08 Å². The van der Waals surface area contributed by atoms with Gasteiger partial charge in [0, 0.05) is 23.8 Å². The smallest absolute Gasteiger partial charge is 0.335 e. The van der Waals surface area contributed by atoms with Crippen molar-refractivity contribution in [3.8, 4) is 11.5 Å². The number of carbonyl (C=O) groups is 3. The van der Waals surface area contributed by atoms with Crippen LogP contribution in [0.5, 0.6) is 11.5 Å². The maximum atomic E-state index is 13.3. The Balaban J connectivity index is 1.66. The third-order valence-electron chi connectivity index (χ3n) is 5.52. The fraction of sp³-hybridized carbons (Fsp3) is 0.115. The number of hydrogen-bond acceptors (Lipinski definition) is 7. The Morgan fingerprint density at radius 1 is 1.03 bits per heavy atom. The molecule has 0 atom stereocenters. The van der Waals surface area contributed by atoms with Crippen molar-refractivity contribution in [3.63, 3.8) is 0 Å². The first-order valence-electron chi connectivity index (χ1n) is 10.8. The number of non-ortho nitro benzene ring substituents is 1. The normalized spacial score (nSPS) is 14.6. The minimum absolute atomic E-state index is 0.0415. The standard InChI is InChI=1S/C26H21N3O7/c1-16-5-3-4-6-22(16)28-25(31)21(24(30)27-26(28)32)13-18-9-12-20(35-2)14-23(18)36-15-17-7-10-19(11-8-17)29(33)34/h3-14H,15H2,1-2H3,(H,27,30,32)/b21-13+. The number of urea groups is 1. The van der Waals surface area contributed by atoms with Crippen LogP contribution in [0.15, 0.2) is 72.3 Å². The van der Waals surface area contributed by atoms with Crippen LogP contribution >= 0.6 is 0 Å². The predicted octanol–water partition coefficient (Wildman–Crippen LogP) is 4.16. The number of nitrogens with one attached hydrogen (secondary N) is 1. The van der Waals surface area contributed by atoms with Gasteiger partial charge in [0.05, 0.1) is 17.7 Å². The highest BCUT2D eigenvalue weighted by molar-refractivity contribution is 6.39. The Bertz CT molecular complexity index is 1400. The molecule has 0 radical (unpaired) electrons. The van der Waals surface area contributed by atoms with Gasteiger partial charge in [-0.25, -0.2) is 9.69 Å². The molecule has 3 aromatic rings. The molecule has 10 nitrogen and oxygen atoms in total. The molecule has 10 heteroatoms. The number of ether oxygens (including phenoxy) is 2. The lowest BCUT2D eigenvalue weighted by Gasteiger charge is -2.27. The number of amides is 4. The number of para-hydroxylation sites is 1. The van der Waals surface area contributed by atoms with E-state index in [1.165, 1.54) is 25.3 Å². The molecule has 4 rings (SSSR count). The summed E-state index contributed by atoms with van der Waals surface area (Å²) < 4.78 is 11.2. The fourth-order valence-electron chi connectivity index (χ4n) is 3.61. The summed E-state index contributed by atoms with van der Waals surface area (Å²) in [6.45, 7) is 1.82. The average molecular weight is 487 g/mol. The van der Waals surface area contributed by atoms with E-state index in [4.69, 9.17) is 9.47 Å². The van der Waals surface area contributed by atoms with E-state index >= 15 is 0 Å². The molecule has 1 fully saturated rings. The van der Waals surface area contributed by atoms with Gasteiger partial charge in [0.15, 0.2) is 0 Å². The molecule has 0 unspecified atom stereocenters. The monoisotopic (exact) mass is 487 g/mol. The highest BCUT2D eigenvalue weighted by Crippen LogP contribution is 2.30. The van der Waals surface area contributed by atoms with Crippen LogP contribution in [0.4, 0.5) is 16.2 Å². The molecular weight excluding hydrogens is 466 g/mol. The molecule has 0 bridgehead atoms. The van der Waals surface area contributed by atoms with Crippen molar-refractivity contribution >= 4 is 35.3 Å². The van der Waals surface area contributed by atoms with Gasteiger partial charge in [0.25, 0.3) is 17.5 Å². The van der Waals surface area contributed by atoms with Crippen molar-refractivity contribution in [2.24, 2.45) is 0 Å². The number of carbonyl (C=O) groups excluding carboxylic acids is 3. The summed E-state index contributed by atoms with van der Waals surface area (Å²) >= 11 is 0. The van der Waals surface area contributed by atoms with Crippen molar-refractivity contribution in [2.45, 2.75) is 13.5 Å². The van der Waals surface area contributed by atoms with Crippen LogP contribution < -0.4 is 19.7 Å². The third kappa shape index (κ3) is 4.92. The largest absolute Gasteiger partial charge is 0.497 e. The predicted molar refractivity (Wildman–Crippen MR) is 131 cm³/mol. The van der Waals surface area contributed by atoms with E-state index in [0.29, 0.717) is 33.9 Å². The Hall–Kier alpha value is -4.99. The van der Waals surface area contributed by atoms with E-state index in [-0.39, 0.29) is 17.9 Å². The first-order valence-corrected chi connectivity index (χ1v) is 10.8. The maximum Gasteiger partial charge on any atom is 0.335 e. The van der Waals surface area contributed by atoms with Crippen molar-refractivity contribution in [1.82, 2.24) is 5.32 Å². The Morgan fingerprint density at radius 3 is 2.42 bits per heavy atom. The molecule has 0 spiro atoms. The minimum Gasteiger partial charge on any atom is -0.497 e. The molecule has 1 saturated heterocycles. The van der Waals surface area contributed by atoms with E-state index < -0.39 is 22.8 Å². The number of nitrogens with zero attached hydrogens (tertiary/aromatic N) is 2. The lowest BCUT2D eigenvalue weighted by Crippen LogP contribution is -2.54. The van der Waals surface area contributed by atoms with Crippen LogP contribution in [-0.2, 0) is 16.2 Å². The molecule has 1 N–H and O–H groups in total. The number of barbiturate groups is 1. The Morgan fingerprint density at radius 2 is 1.75 bits per heavy atom. The van der Waals surface area contributed by atoms with Crippen molar-refractivity contribution < 1.29 is 28.8 Å². The second kappa shape index (κ2) is 10.1. The highest BCUT2D eigenvalue weighted by atomic mass is 16.6. The molecule has 0 aliphatic carbocycles. The first kappa shape index (κ1) is 24.1. The number of methoxy groups -OCH3 is 1. The molecule has 0 aromatic heterocycles. The van der Waals surface area contributed by atoms with Crippen LogP contribution in [0.3, 0.4) is 0 Å². The summed E-state index contributed by atoms with van der Waals surface area (Å²) in [6.07, 6.45) is 1.35. The number of imide groups is 2. The summed E-state index contributed by atoms with van der Waals surface area (Å²) in [5.74, 6) is -0.811. The molecule has 1 heterocycles. The number of hydrogen-bond donors (Lipinski definition) is 1. The van der Waals surface area contributed by atoms with Crippen LogP contribution in [0.1, 0.15) is 16.7 Å². The molecular formula is C26H21N3O7. The SMILES string of the molecule is COc1ccc(/C=C2\C(=O)NC(=O)N(c3ccccc3C)C2=O)c(OCc2ccc([N+](=O)[O-])cc2)c1. The first-order chi connectivity index (χ1) is 17.3. The Kier molecular flexibility index (Phi) is 6.77. The number of nitro groups is 1. The van der Waals surface area contributed by atoms with Gasteiger partial charge in [-0.1, -0.05) is 18.2 Å². The van der Waals surface area contributed by atoms with Gasteiger partial charge in [-0.15, -0.1) is 0 Å². The molecule has 36 heavy (non-hydrogen) atoms. The lowest BCUT2D eigenvalue weighted by atomic mass is 10.0. The summed E-state index contributed by atoms with van der Waals surface area (Å²) in [6, 6.07) is 16.7. The molecule has 1 aliphatic heterocycles. The topological polar surface area (TPSA) is 128 Å². The van der Waals surface area contributed by atoms with Gasteiger partial charge in [-0.3, -0.25) is 25.0 Å². The van der Waals surface area contributed by atoms with Gasteiger partial charge in [0.2, 0.25) is 0 Å². The maximum absolute atomic E-state index is 13.3. The van der Waals surface area contributed by atoms with Gasteiger partial charge in [0.1, 0.15) is 23.7 Å². The molecule has 1 aliphatic rings. The van der Waals surface area contributed by atoms with E-state index in [9.17, 15) is 24.5 Å². The second-order valence-electron chi connectivity index (χ2n) is 7.86. The second-order valence-corrected chi connectivity index (χ2v) is 7.86. The summed E-state index contributed by atoms with van der Waals surface area (Å²) in [5, 5.41) is 13.1. The van der Waals surface area contributed by atoms with E-state index in [1.807, 2.05) is 0 Å². The fourth-order valence-corrected chi connectivity index (χ4v) is 3.61. The molecule has 3 aromatic carbocycles. The van der Waals surface area contributed by atoms with E-state index in [0.717, 1.165) is 4.90 Å². The van der Waals surface area contributed by atoms with Crippen molar-refractivity contribution in [3.05, 3.63) is 99.1 Å². The average Bonchev–Trinajstić information content (AvgIpc) is 2.87.